The van der Waals surface area contributed by atoms with Crippen molar-refractivity contribution in [1.29, 1.82) is 0 Å². The van der Waals surface area contributed by atoms with Crippen molar-refractivity contribution in [3.8, 4) is 0 Å². The van der Waals surface area contributed by atoms with E-state index < -0.39 is 11.5 Å². The molecule has 1 amide bonds. The molecule has 1 aliphatic heterocycles. The fourth-order valence-electron chi connectivity index (χ4n) is 3.65. The molecule has 5 heteroatoms. The average molecular weight is 391 g/mol. The van der Waals surface area contributed by atoms with Gasteiger partial charge in [-0.1, -0.05) is 55.5 Å². The number of amides is 1. The SMILES string of the molecule is CCc1ccc(C(=O)C[C@]2(O)C(=O)N(Cc3cccs3)c3ccccc32)cc1. The van der Waals surface area contributed by atoms with E-state index in [1.807, 2.05) is 41.8 Å². The normalized spacial score (nSPS) is 18.4. The van der Waals surface area contributed by atoms with Crippen molar-refractivity contribution in [3.63, 3.8) is 0 Å². The van der Waals surface area contributed by atoms with Crippen LogP contribution in [0.2, 0.25) is 0 Å². The highest BCUT2D eigenvalue weighted by Gasteiger charge is 2.50. The molecule has 0 spiro atoms. The summed E-state index contributed by atoms with van der Waals surface area (Å²) in [6.45, 7) is 2.44. The zero-order valence-corrected chi connectivity index (χ0v) is 16.4. The molecule has 4 rings (SSSR count). The van der Waals surface area contributed by atoms with Crippen LogP contribution in [0.1, 0.15) is 39.7 Å². The minimum atomic E-state index is -1.84. The predicted octanol–water partition coefficient (Wildman–Crippen LogP) is 4.32. The molecule has 0 unspecified atom stereocenters. The van der Waals surface area contributed by atoms with Crippen molar-refractivity contribution in [1.82, 2.24) is 0 Å². The quantitative estimate of drug-likeness (QED) is 0.637. The third kappa shape index (κ3) is 3.17. The number of fused-ring (bicyclic) bond motifs is 1. The van der Waals surface area contributed by atoms with Crippen LogP contribution in [0.15, 0.2) is 66.0 Å². The Hall–Kier alpha value is -2.76. The van der Waals surface area contributed by atoms with Crippen LogP contribution in [0, 0.1) is 0 Å². The second kappa shape index (κ2) is 7.34. The van der Waals surface area contributed by atoms with E-state index >= 15 is 0 Å². The third-order valence-corrected chi connectivity index (χ3v) is 6.10. The number of ketones is 1. The smallest absolute Gasteiger partial charge is 0.264 e. The first kappa shape index (κ1) is 18.6. The van der Waals surface area contributed by atoms with Crippen molar-refractivity contribution in [3.05, 3.63) is 87.6 Å². The summed E-state index contributed by atoms with van der Waals surface area (Å²) >= 11 is 1.56. The highest BCUT2D eigenvalue weighted by Crippen LogP contribution is 2.43. The first-order valence-electron chi connectivity index (χ1n) is 9.31. The van der Waals surface area contributed by atoms with Crippen molar-refractivity contribution in [2.24, 2.45) is 0 Å². The zero-order chi connectivity index (χ0) is 19.7. The summed E-state index contributed by atoms with van der Waals surface area (Å²) in [5, 5.41) is 13.3. The number of para-hydroxylation sites is 1. The van der Waals surface area contributed by atoms with E-state index in [2.05, 4.69) is 6.92 Å². The zero-order valence-electron chi connectivity index (χ0n) is 15.6. The molecule has 3 aromatic rings. The third-order valence-electron chi connectivity index (χ3n) is 5.23. The van der Waals surface area contributed by atoms with Crippen molar-refractivity contribution < 1.29 is 14.7 Å². The molecule has 1 N–H and O–H groups in total. The molecular weight excluding hydrogens is 370 g/mol. The maximum atomic E-state index is 13.2. The highest BCUT2D eigenvalue weighted by atomic mass is 32.1. The first-order valence-corrected chi connectivity index (χ1v) is 10.2. The molecular formula is C23H21NO3S. The Morgan fingerprint density at radius 1 is 1.07 bits per heavy atom. The number of nitrogens with zero attached hydrogens (tertiary/aromatic N) is 1. The number of aliphatic hydroxyl groups is 1. The summed E-state index contributed by atoms with van der Waals surface area (Å²) < 4.78 is 0. The molecule has 2 heterocycles. The fourth-order valence-corrected chi connectivity index (χ4v) is 4.35. The molecule has 0 aliphatic carbocycles. The number of carbonyl (C=O) groups excluding carboxylic acids is 2. The van der Waals surface area contributed by atoms with Crippen molar-refractivity contribution in [2.75, 3.05) is 4.90 Å². The predicted molar refractivity (Wildman–Crippen MR) is 111 cm³/mol. The second-order valence-electron chi connectivity index (χ2n) is 7.00. The Kier molecular flexibility index (Phi) is 4.87. The maximum Gasteiger partial charge on any atom is 0.264 e. The van der Waals surface area contributed by atoms with Gasteiger partial charge in [0.15, 0.2) is 11.4 Å². The lowest BCUT2D eigenvalue weighted by Gasteiger charge is -2.22. The molecule has 4 nitrogen and oxygen atoms in total. The van der Waals surface area contributed by atoms with Gasteiger partial charge in [-0.3, -0.25) is 9.59 Å². The van der Waals surface area contributed by atoms with E-state index in [1.165, 1.54) is 0 Å². The Morgan fingerprint density at radius 3 is 2.50 bits per heavy atom. The van der Waals surface area contributed by atoms with Gasteiger partial charge in [0, 0.05) is 16.0 Å². The average Bonchev–Trinajstić information content (AvgIpc) is 3.30. The van der Waals surface area contributed by atoms with E-state index in [-0.39, 0.29) is 12.2 Å². The molecule has 0 radical (unpaired) electrons. The second-order valence-corrected chi connectivity index (χ2v) is 8.03. The molecule has 1 aliphatic rings. The van der Waals surface area contributed by atoms with Gasteiger partial charge >= 0.3 is 0 Å². The van der Waals surface area contributed by atoms with E-state index in [9.17, 15) is 14.7 Å². The number of Topliss-reactive ketones (excluding diaryl/α,β-unsaturated/α-hetero) is 1. The van der Waals surface area contributed by atoms with E-state index in [4.69, 9.17) is 0 Å². The number of rotatable bonds is 6. The van der Waals surface area contributed by atoms with Gasteiger partial charge in [0.1, 0.15) is 0 Å². The number of carbonyl (C=O) groups is 2. The number of anilines is 1. The highest BCUT2D eigenvalue weighted by molar-refractivity contribution is 7.09. The Balaban J connectivity index is 1.65. The van der Waals surface area contributed by atoms with Crippen molar-refractivity contribution in [2.45, 2.75) is 31.9 Å². The van der Waals surface area contributed by atoms with Gasteiger partial charge in [0.25, 0.3) is 5.91 Å². The van der Waals surface area contributed by atoms with Gasteiger partial charge in [0.2, 0.25) is 0 Å². The monoisotopic (exact) mass is 391 g/mol. The Bertz CT molecular complexity index is 1010. The molecule has 1 aromatic heterocycles. The van der Waals surface area contributed by atoms with Gasteiger partial charge < -0.3 is 10.0 Å². The van der Waals surface area contributed by atoms with Gasteiger partial charge in [-0.15, -0.1) is 11.3 Å². The van der Waals surface area contributed by atoms with Gasteiger partial charge in [-0.25, -0.2) is 0 Å². The lowest BCUT2D eigenvalue weighted by Crippen LogP contribution is -2.41. The largest absolute Gasteiger partial charge is 0.375 e. The minimum absolute atomic E-state index is 0.244. The van der Waals surface area contributed by atoms with E-state index in [0.717, 1.165) is 16.9 Å². The number of hydrogen-bond donors (Lipinski definition) is 1. The molecule has 1 atom stereocenters. The lowest BCUT2D eigenvalue weighted by atomic mass is 9.88. The van der Waals surface area contributed by atoms with Crippen LogP contribution >= 0.6 is 11.3 Å². The van der Waals surface area contributed by atoms with Crippen LogP contribution < -0.4 is 4.90 Å². The Morgan fingerprint density at radius 2 is 1.82 bits per heavy atom. The van der Waals surface area contributed by atoms with Crippen LogP contribution in [0.3, 0.4) is 0 Å². The minimum Gasteiger partial charge on any atom is -0.375 e. The molecule has 0 fully saturated rings. The number of benzene rings is 2. The molecule has 2 aromatic carbocycles. The number of thiophene rings is 1. The van der Waals surface area contributed by atoms with Crippen LogP contribution in [0.25, 0.3) is 0 Å². The van der Waals surface area contributed by atoms with Crippen LogP contribution in [0.5, 0.6) is 0 Å². The van der Waals surface area contributed by atoms with Gasteiger partial charge in [-0.2, -0.15) is 0 Å². The van der Waals surface area contributed by atoms with E-state index in [1.54, 1.807) is 40.5 Å². The Labute approximate surface area is 168 Å². The number of aryl methyl sites for hydroxylation is 1. The van der Waals surface area contributed by atoms with Crippen molar-refractivity contribution >= 4 is 28.7 Å². The summed E-state index contributed by atoms with van der Waals surface area (Å²) in [7, 11) is 0. The first-order chi connectivity index (χ1) is 13.5. The summed E-state index contributed by atoms with van der Waals surface area (Å²) in [6, 6.07) is 18.4. The lowest BCUT2D eigenvalue weighted by molar-refractivity contribution is -0.136. The van der Waals surface area contributed by atoms with Crippen LogP contribution in [-0.4, -0.2) is 16.8 Å². The fraction of sp³-hybridized carbons (Fsp3) is 0.217. The standard InChI is InChI=1S/C23H21NO3S/c1-2-16-9-11-17(12-10-16)21(25)14-23(27)19-7-3-4-8-20(19)24(22(23)26)15-18-6-5-13-28-18/h3-13,27H,2,14-15H2,1H3/t23-/m1/s1. The van der Waals surface area contributed by atoms with E-state index in [0.29, 0.717) is 23.4 Å². The topological polar surface area (TPSA) is 57.6 Å². The van der Waals surface area contributed by atoms with Crippen LogP contribution in [-0.2, 0) is 23.4 Å². The van der Waals surface area contributed by atoms with Gasteiger partial charge in [-0.05, 0) is 29.5 Å². The van der Waals surface area contributed by atoms with Gasteiger partial charge in [0.05, 0.1) is 18.7 Å². The molecule has 0 saturated heterocycles. The summed E-state index contributed by atoms with van der Waals surface area (Å²) in [5.74, 6) is -0.688. The molecule has 0 bridgehead atoms. The molecule has 0 saturated carbocycles. The summed E-state index contributed by atoms with van der Waals surface area (Å²) in [6.07, 6.45) is 0.622. The van der Waals surface area contributed by atoms with Crippen LogP contribution in [0.4, 0.5) is 5.69 Å². The maximum absolute atomic E-state index is 13.2. The number of hydrogen-bond acceptors (Lipinski definition) is 4. The molecule has 142 valence electrons. The summed E-state index contributed by atoms with van der Waals surface area (Å²) in [4.78, 5) is 28.7. The summed E-state index contributed by atoms with van der Waals surface area (Å²) in [5.41, 5.74) is 0.967. The molecule has 28 heavy (non-hydrogen) atoms.